The molecule has 0 aliphatic heterocycles. The van der Waals surface area contributed by atoms with E-state index in [1.54, 1.807) is 0 Å². The Morgan fingerprint density at radius 1 is 0.221 bits per heavy atom. The van der Waals surface area contributed by atoms with Crippen molar-refractivity contribution in [1.29, 1.82) is 0 Å². The van der Waals surface area contributed by atoms with Gasteiger partial charge in [-0.25, -0.2) is 15.0 Å². The van der Waals surface area contributed by atoms with Crippen LogP contribution in [0, 0.1) is 0 Å². The summed E-state index contributed by atoms with van der Waals surface area (Å²) in [4.78, 5) is 12.2. The number of aromatic nitrogens is 3. The quantitative estimate of drug-likeness (QED) is 0.0444. The van der Waals surface area contributed by atoms with Crippen molar-refractivity contribution < 1.29 is 102 Å². The predicted octanol–water partition coefficient (Wildman–Crippen LogP) is -4.02. The van der Waals surface area contributed by atoms with E-state index in [9.17, 15) is 102 Å². The summed E-state index contributed by atoms with van der Waals surface area (Å²) in [7, 11) is 6.16. The molecular formula is C39H30B5N3O20S. The van der Waals surface area contributed by atoms with Crippen molar-refractivity contribution >= 4 is 98.1 Å². The zero-order valence-corrected chi connectivity index (χ0v) is 36.0. The van der Waals surface area contributed by atoms with Crippen LogP contribution in [0.4, 0.5) is 0 Å². The summed E-state index contributed by atoms with van der Waals surface area (Å²) < 4.78 is -0.821. The number of hydrogen-bond donors (Lipinski definition) is 20. The fraction of sp³-hybridized carbons (Fsp3) is 0. The van der Waals surface area contributed by atoms with Crippen LogP contribution in [0.25, 0.3) is 76.6 Å². The van der Waals surface area contributed by atoms with Crippen molar-refractivity contribution in [2.24, 2.45) is 0 Å². The molecule has 0 unspecified atom stereocenters. The minimum Gasteiger partial charge on any atom is -0.509 e. The van der Waals surface area contributed by atoms with Gasteiger partial charge in [0.05, 0.1) is 31.5 Å². The highest BCUT2D eigenvalue weighted by Crippen LogP contribution is 2.63. The molecule has 0 saturated heterocycles. The topological polar surface area (TPSA) is 443 Å². The summed E-state index contributed by atoms with van der Waals surface area (Å²) in [6, 6.07) is 0. The van der Waals surface area contributed by atoms with E-state index in [2.05, 4.69) is 15.0 Å². The summed E-state index contributed by atoms with van der Waals surface area (Å²) in [5.41, 5.74) is -6.91. The first-order chi connectivity index (χ1) is 31.7. The summed E-state index contributed by atoms with van der Waals surface area (Å²) in [5, 5.41) is 221. The lowest BCUT2D eigenvalue weighted by Crippen LogP contribution is -2.19. The van der Waals surface area contributed by atoms with Crippen LogP contribution >= 0.6 is 11.3 Å². The maximum Gasteiger partial charge on any atom is 0.208 e. The molecular weight excluding hydrogens is 917 g/mol. The highest BCUT2D eigenvalue weighted by atomic mass is 32.1. The SMILES string of the molecule is Bc1c(O)c(B)c(-c2nc(-c3c(O)c(O)c(O)c(O)c3O)nc(-c3c(O)c(O)c(O)c(-c4c(O)c(O)c(O)c5c4sc4c(-c6c(B)c(O)c(B)c(O)c6O)c(O)c(B)c(O)c45)c3O)n2)c(O)c1O. The molecule has 0 aliphatic rings. The van der Waals surface area contributed by atoms with E-state index in [0.29, 0.717) is 11.3 Å². The molecule has 0 bridgehead atoms. The Labute approximate surface area is 385 Å². The number of fused-ring (bicyclic) bond motifs is 3. The molecule has 2 aromatic heterocycles. The van der Waals surface area contributed by atoms with Gasteiger partial charge in [0.25, 0.3) is 0 Å². The number of hydrogen-bond acceptors (Lipinski definition) is 24. The molecule has 8 rings (SSSR count). The lowest BCUT2D eigenvalue weighted by molar-refractivity contribution is 0.329. The van der Waals surface area contributed by atoms with Gasteiger partial charge in [0, 0.05) is 16.5 Å². The van der Waals surface area contributed by atoms with Gasteiger partial charge in [-0.2, -0.15) is 0 Å². The van der Waals surface area contributed by atoms with Gasteiger partial charge in [-0.05, 0) is 27.3 Å². The molecule has 0 radical (unpaired) electrons. The van der Waals surface area contributed by atoms with E-state index >= 15 is 0 Å². The molecule has 29 heteroatoms. The van der Waals surface area contributed by atoms with Gasteiger partial charge in [-0.3, -0.25) is 0 Å². The second kappa shape index (κ2) is 15.0. The monoisotopic (exact) mass is 947 g/mol. The van der Waals surface area contributed by atoms with Crippen LogP contribution in [0.5, 0.6) is 115 Å². The van der Waals surface area contributed by atoms with Crippen molar-refractivity contribution in [2.75, 3.05) is 0 Å². The van der Waals surface area contributed by atoms with Crippen LogP contribution < -0.4 is 27.3 Å². The first-order valence-electron chi connectivity index (χ1n) is 19.2. The largest absolute Gasteiger partial charge is 0.509 e. The fourth-order valence-corrected chi connectivity index (χ4v) is 9.46. The number of thiophene rings is 1. The molecule has 0 saturated carbocycles. The minimum atomic E-state index is -1.55. The zero-order chi connectivity index (χ0) is 50.3. The van der Waals surface area contributed by atoms with Gasteiger partial charge >= 0.3 is 0 Å². The second-order valence-electron chi connectivity index (χ2n) is 15.5. The highest BCUT2D eigenvalue weighted by Gasteiger charge is 2.37. The third-order valence-electron chi connectivity index (χ3n) is 11.8. The molecule has 0 fully saturated rings. The molecule has 342 valence electrons. The van der Waals surface area contributed by atoms with E-state index in [1.807, 2.05) is 0 Å². The van der Waals surface area contributed by atoms with Crippen LogP contribution in [-0.4, -0.2) is 156 Å². The van der Waals surface area contributed by atoms with Gasteiger partial charge in [0.15, 0.2) is 75.0 Å². The number of phenolic OH excluding ortho intramolecular Hbond substituents is 20. The van der Waals surface area contributed by atoms with Gasteiger partial charge in [-0.15, -0.1) is 11.3 Å². The zero-order valence-electron chi connectivity index (χ0n) is 35.2. The molecule has 20 N–H and O–H groups in total. The normalized spacial score (nSPS) is 11.5. The van der Waals surface area contributed by atoms with Crippen LogP contribution in [-0.2, 0) is 0 Å². The van der Waals surface area contributed by atoms with Crippen LogP contribution in [0.2, 0.25) is 0 Å². The first kappa shape index (κ1) is 45.4. The smallest absolute Gasteiger partial charge is 0.208 e. The summed E-state index contributed by atoms with van der Waals surface area (Å²) in [6.07, 6.45) is 0. The number of phenols is 20. The number of rotatable bonds is 5. The summed E-state index contributed by atoms with van der Waals surface area (Å²) in [5.74, 6) is -26.4. The average molecular weight is 947 g/mol. The Bertz CT molecular complexity index is 3490. The Morgan fingerprint density at radius 2 is 0.515 bits per heavy atom. The van der Waals surface area contributed by atoms with Gasteiger partial charge in [0.1, 0.15) is 79.1 Å². The highest BCUT2D eigenvalue weighted by molar-refractivity contribution is 7.27. The number of nitrogens with zero attached hydrogens (tertiary/aromatic N) is 3. The van der Waals surface area contributed by atoms with Crippen molar-refractivity contribution in [1.82, 2.24) is 15.0 Å². The predicted molar refractivity (Wildman–Crippen MR) is 254 cm³/mol. The molecule has 0 amide bonds. The van der Waals surface area contributed by atoms with E-state index in [4.69, 9.17) is 0 Å². The molecule has 8 aromatic rings. The Morgan fingerprint density at radius 3 is 1.00 bits per heavy atom. The van der Waals surface area contributed by atoms with E-state index in [1.165, 1.54) is 39.2 Å². The average Bonchev–Trinajstić information content (AvgIpc) is 3.70. The minimum absolute atomic E-state index is 0.120. The molecule has 0 spiro atoms. The molecule has 23 nitrogen and oxygen atoms in total. The maximum absolute atomic E-state index is 12.2. The summed E-state index contributed by atoms with van der Waals surface area (Å²) in [6.45, 7) is 0. The molecule has 0 atom stereocenters. The molecule has 0 aliphatic carbocycles. The Hall–Kier alpha value is -9.13. The third kappa shape index (κ3) is 5.81. The van der Waals surface area contributed by atoms with Gasteiger partial charge < -0.3 is 102 Å². The van der Waals surface area contributed by atoms with E-state index < -0.39 is 187 Å². The Balaban J connectivity index is 1.55. The Kier molecular flexibility index (Phi) is 10.00. The lowest BCUT2D eigenvalue weighted by atomic mass is 9.77. The van der Waals surface area contributed by atoms with Crippen LogP contribution in [0.1, 0.15) is 0 Å². The standard InChI is InChI=1S/C39H30B5N3O20S/c40-10-1(18(51)28(61)13(43)26(10)59)3-16(49)12(42)17(50)5-6-21(54)31(64)20(53)4(36(6)68-35(3)5)2-15(48)8(23(56)30(63)19(2)52)38-45-37(7-11(41)27(60)14(44)29(62)22(7)55)46-39(47-38)9-24(57)32(65)34(67)33(66)25(9)58/h48-67H,40-44H2. The maximum atomic E-state index is 12.2. The molecule has 68 heavy (non-hydrogen) atoms. The third-order valence-corrected chi connectivity index (χ3v) is 13.1. The fourth-order valence-electron chi connectivity index (χ4n) is 8.06. The number of aromatic hydroxyl groups is 20. The molecule has 2 heterocycles. The van der Waals surface area contributed by atoms with Crippen molar-refractivity contribution in [2.45, 2.75) is 0 Å². The van der Waals surface area contributed by atoms with Crippen molar-refractivity contribution in [3.63, 3.8) is 0 Å². The van der Waals surface area contributed by atoms with E-state index in [-0.39, 0.29) is 32.0 Å². The van der Waals surface area contributed by atoms with Crippen molar-refractivity contribution in [3.8, 4) is 171 Å². The van der Waals surface area contributed by atoms with Gasteiger partial charge in [-0.1, -0.05) is 0 Å². The van der Waals surface area contributed by atoms with Crippen LogP contribution in [0.15, 0.2) is 0 Å². The van der Waals surface area contributed by atoms with Gasteiger partial charge in [0.2, 0.25) is 28.7 Å². The first-order valence-corrected chi connectivity index (χ1v) is 20.0. The van der Waals surface area contributed by atoms with E-state index in [0.717, 1.165) is 0 Å². The number of benzene rings is 6. The summed E-state index contributed by atoms with van der Waals surface area (Å²) >= 11 is 0.423. The second-order valence-corrected chi connectivity index (χ2v) is 16.6. The molecule has 6 aromatic carbocycles. The van der Waals surface area contributed by atoms with Crippen LogP contribution in [0.3, 0.4) is 0 Å². The lowest BCUT2D eigenvalue weighted by Gasteiger charge is -2.19. The van der Waals surface area contributed by atoms with Crippen molar-refractivity contribution in [3.05, 3.63) is 0 Å².